The summed E-state index contributed by atoms with van der Waals surface area (Å²) < 4.78 is 0. The Morgan fingerprint density at radius 3 is 1.55 bits per heavy atom. The van der Waals surface area contributed by atoms with Crippen LogP contribution < -0.4 is 11.1 Å². The van der Waals surface area contributed by atoms with Crippen molar-refractivity contribution in [2.75, 3.05) is 34.9 Å². The Bertz CT molecular complexity index is 1680. The monoisotopic (exact) mass is 805 g/mol. The lowest BCUT2D eigenvalue weighted by Crippen LogP contribution is -2.35. The Kier molecular flexibility index (Phi) is 27.8. The molecule has 2 saturated heterocycles. The molecule has 2 aliphatic rings. The van der Waals surface area contributed by atoms with Crippen LogP contribution in [-0.2, 0) is 9.59 Å². The Morgan fingerprint density at radius 2 is 1.14 bits per heavy atom. The summed E-state index contributed by atoms with van der Waals surface area (Å²) in [5.41, 5.74) is 11.8. The van der Waals surface area contributed by atoms with Gasteiger partial charge >= 0.3 is 0 Å². The quantitative estimate of drug-likeness (QED) is 0.0920. The van der Waals surface area contributed by atoms with Gasteiger partial charge in [-0.3, -0.25) is 9.59 Å². The van der Waals surface area contributed by atoms with E-state index in [0.717, 1.165) is 110 Å². The smallest absolute Gasteiger partial charge is 0.223 e. The van der Waals surface area contributed by atoms with Gasteiger partial charge in [-0.05, 0) is 87.4 Å². The molecule has 0 radical (unpaired) electrons. The number of carbonyl (C=O) groups excluding carboxylic acids is 2. The number of nitrogens with zero attached hydrogens (tertiary/aromatic N) is 4. The van der Waals surface area contributed by atoms with Crippen molar-refractivity contribution in [2.45, 2.75) is 125 Å². The zero-order chi connectivity index (χ0) is 44.2. The number of carbonyl (C=O) groups is 2. The first-order valence-corrected chi connectivity index (χ1v) is 21.0. The SMILES string of the molecule is C=C(C)NC.CC.CC.CCCC(=O)N1CCCC1c1ncc(-c2ccc(-c3ccc(-c4cnc(C5CC[C@H](C)N5C(=O)CCC)[nH]4)cc3)cc2)[nH]1.CN.CO.CO. The Morgan fingerprint density at radius 1 is 0.741 bits per heavy atom. The molecule has 324 valence electrons. The molecule has 6 rings (SSSR count). The molecule has 0 spiro atoms. The predicted molar refractivity (Wildman–Crippen MR) is 242 cm³/mol. The standard InChI is InChI=1S/C35H42N6O2.C4H9N.2C2H6.CH5N.2CH4O/c1-4-7-32(42)40-20-6-9-30(40)34-36-21-28(38-34)26-15-11-24(12-16-26)25-13-17-27(18-14-25)29-22-37-35(39-29)31-19-10-23(3)41(31)33(43)8-5-2;1-4(2)5-3;5*1-2/h11-18,21-23,30-31H,4-10,19-20H2,1-3H3,(H,36,38)(H,37,39);5H,1H2,2-3H3;2*1-2H3;2H2,1H3;2*2H,1H3/t23-,30?,31?;;;;;;/m0....../s1. The molecular formula is C46H76N8O4. The molecule has 2 aromatic heterocycles. The predicted octanol–water partition coefficient (Wildman–Crippen LogP) is 9.03. The van der Waals surface area contributed by atoms with Gasteiger partial charge in [0.15, 0.2) is 0 Å². The van der Waals surface area contributed by atoms with Crippen molar-refractivity contribution in [3.8, 4) is 33.6 Å². The van der Waals surface area contributed by atoms with Crippen molar-refractivity contribution in [1.82, 2.24) is 35.1 Å². The van der Waals surface area contributed by atoms with Crippen LogP contribution in [0.5, 0.6) is 0 Å². The summed E-state index contributed by atoms with van der Waals surface area (Å²) in [6.07, 6.45) is 10.6. The van der Waals surface area contributed by atoms with Gasteiger partial charge in [-0.15, -0.1) is 0 Å². The number of amides is 2. The maximum absolute atomic E-state index is 12.8. The Hall–Kier alpha value is -4.78. The lowest BCUT2D eigenvalue weighted by Gasteiger charge is -2.27. The highest BCUT2D eigenvalue weighted by Gasteiger charge is 2.36. The number of aliphatic hydroxyl groups is 2. The number of nitrogens with one attached hydrogen (secondary N) is 3. The molecule has 0 saturated carbocycles. The summed E-state index contributed by atoms with van der Waals surface area (Å²) in [4.78, 5) is 45.7. The summed E-state index contributed by atoms with van der Waals surface area (Å²) in [7, 11) is 5.35. The normalized spacial score (nSPS) is 16.1. The Balaban J connectivity index is 0.00000192. The van der Waals surface area contributed by atoms with Crippen LogP contribution in [-0.4, -0.2) is 92.7 Å². The minimum absolute atomic E-state index is 0.0205. The fourth-order valence-corrected chi connectivity index (χ4v) is 6.71. The number of aromatic amines is 2. The van der Waals surface area contributed by atoms with E-state index >= 15 is 0 Å². The molecule has 7 N–H and O–H groups in total. The molecule has 4 heterocycles. The first-order valence-electron chi connectivity index (χ1n) is 21.0. The average molecular weight is 805 g/mol. The van der Waals surface area contributed by atoms with Crippen molar-refractivity contribution < 1.29 is 19.8 Å². The van der Waals surface area contributed by atoms with Crippen molar-refractivity contribution >= 4 is 11.8 Å². The van der Waals surface area contributed by atoms with E-state index in [9.17, 15) is 9.59 Å². The van der Waals surface area contributed by atoms with Crippen molar-refractivity contribution in [1.29, 1.82) is 0 Å². The number of aliphatic hydroxyl groups excluding tert-OH is 2. The van der Waals surface area contributed by atoms with Gasteiger partial charge in [-0.1, -0.05) is 96.7 Å². The molecule has 3 atom stereocenters. The van der Waals surface area contributed by atoms with E-state index in [-0.39, 0.29) is 29.9 Å². The molecule has 2 aliphatic heterocycles. The molecule has 2 aromatic carbocycles. The number of imidazole rings is 2. The summed E-state index contributed by atoms with van der Waals surface area (Å²) in [5, 5.41) is 16.8. The fraction of sp³-hybridized carbons (Fsp3) is 0.522. The van der Waals surface area contributed by atoms with Crippen molar-refractivity contribution in [2.24, 2.45) is 5.73 Å². The molecule has 0 bridgehead atoms. The van der Waals surface area contributed by atoms with E-state index in [1.165, 1.54) is 7.05 Å². The van der Waals surface area contributed by atoms with Crippen molar-refractivity contribution in [3.63, 3.8) is 0 Å². The van der Waals surface area contributed by atoms with Crippen molar-refractivity contribution in [3.05, 3.63) is 84.8 Å². The van der Waals surface area contributed by atoms with Gasteiger partial charge in [-0.2, -0.15) is 0 Å². The number of aromatic nitrogens is 4. The minimum atomic E-state index is 0.0205. The summed E-state index contributed by atoms with van der Waals surface area (Å²) in [6, 6.07) is 17.3. The summed E-state index contributed by atoms with van der Waals surface area (Å²) in [6.45, 7) is 20.5. The van der Waals surface area contributed by atoms with Crippen LogP contribution in [0.1, 0.15) is 130 Å². The van der Waals surface area contributed by atoms with Crippen LogP contribution in [0.3, 0.4) is 0 Å². The fourth-order valence-electron chi connectivity index (χ4n) is 6.71. The average Bonchev–Trinajstić information content (AvgIpc) is 4.12. The number of hydrogen-bond donors (Lipinski definition) is 6. The van der Waals surface area contributed by atoms with Crippen LogP contribution in [0, 0.1) is 0 Å². The van der Waals surface area contributed by atoms with E-state index in [0.29, 0.717) is 12.8 Å². The molecule has 58 heavy (non-hydrogen) atoms. The van der Waals surface area contributed by atoms with Crippen LogP contribution in [0.25, 0.3) is 33.6 Å². The zero-order valence-electron chi connectivity index (χ0n) is 37.7. The third-order valence-electron chi connectivity index (χ3n) is 9.43. The number of nitrogens with two attached hydrogens (primary N) is 1. The van der Waals surface area contributed by atoms with Crippen LogP contribution in [0.4, 0.5) is 0 Å². The number of benzene rings is 2. The highest BCUT2D eigenvalue weighted by atomic mass is 16.2. The van der Waals surface area contributed by atoms with E-state index in [2.05, 4.69) is 95.0 Å². The molecule has 2 fully saturated rings. The first-order chi connectivity index (χ1) is 28.2. The molecular weight excluding hydrogens is 729 g/mol. The summed E-state index contributed by atoms with van der Waals surface area (Å²) >= 11 is 0. The maximum Gasteiger partial charge on any atom is 0.223 e. The topological polar surface area (TPSA) is 176 Å². The number of allylic oxidation sites excluding steroid dienone is 1. The van der Waals surface area contributed by atoms with Gasteiger partial charge in [0.05, 0.1) is 35.9 Å². The molecule has 2 unspecified atom stereocenters. The van der Waals surface area contributed by atoms with E-state index in [1.54, 1.807) is 0 Å². The lowest BCUT2D eigenvalue weighted by molar-refractivity contribution is -0.134. The second kappa shape index (κ2) is 30.3. The third kappa shape index (κ3) is 15.2. The highest BCUT2D eigenvalue weighted by Crippen LogP contribution is 2.37. The zero-order valence-corrected chi connectivity index (χ0v) is 37.7. The second-order valence-corrected chi connectivity index (χ2v) is 13.0. The highest BCUT2D eigenvalue weighted by molar-refractivity contribution is 5.78. The number of rotatable bonds is 10. The van der Waals surface area contributed by atoms with E-state index in [4.69, 9.17) is 15.2 Å². The van der Waals surface area contributed by atoms with E-state index in [1.807, 2.05) is 70.8 Å². The van der Waals surface area contributed by atoms with Gasteiger partial charge in [0.1, 0.15) is 11.6 Å². The van der Waals surface area contributed by atoms with Crippen LogP contribution >= 0.6 is 0 Å². The lowest BCUT2D eigenvalue weighted by atomic mass is 10.0. The van der Waals surface area contributed by atoms with Gasteiger partial charge < -0.3 is 41.0 Å². The van der Waals surface area contributed by atoms with Gasteiger partial charge in [0.2, 0.25) is 11.8 Å². The van der Waals surface area contributed by atoms with Crippen LogP contribution in [0.2, 0.25) is 0 Å². The van der Waals surface area contributed by atoms with Gasteiger partial charge in [-0.25, -0.2) is 9.97 Å². The molecule has 12 heteroatoms. The third-order valence-corrected chi connectivity index (χ3v) is 9.43. The molecule has 12 nitrogen and oxygen atoms in total. The molecule has 4 aromatic rings. The number of likely N-dealkylation sites (tertiary alicyclic amines) is 2. The van der Waals surface area contributed by atoms with Gasteiger partial charge in [0, 0.05) is 46.7 Å². The first kappa shape index (κ1) is 53.2. The Labute approximate surface area is 349 Å². The second-order valence-electron chi connectivity index (χ2n) is 13.0. The van der Waals surface area contributed by atoms with Crippen LogP contribution in [0.15, 0.2) is 73.2 Å². The molecule has 2 amide bonds. The minimum Gasteiger partial charge on any atom is -0.400 e. The molecule has 0 aliphatic carbocycles. The number of hydrogen-bond acceptors (Lipinski definition) is 8. The maximum atomic E-state index is 12.8. The van der Waals surface area contributed by atoms with E-state index < -0.39 is 0 Å². The van der Waals surface area contributed by atoms with Gasteiger partial charge in [0.25, 0.3) is 0 Å². The largest absolute Gasteiger partial charge is 0.400 e. The number of H-pyrrole nitrogens is 2. The summed E-state index contributed by atoms with van der Waals surface area (Å²) in [5.74, 6) is 2.19.